The van der Waals surface area contributed by atoms with Crippen molar-refractivity contribution >= 4 is 5.91 Å². The average Bonchev–Trinajstić information content (AvgIpc) is 2.47. The van der Waals surface area contributed by atoms with Gasteiger partial charge in [0.25, 0.3) is 0 Å². The fourth-order valence-electron chi connectivity index (χ4n) is 3.18. The van der Waals surface area contributed by atoms with Crippen molar-refractivity contribution < 1.29 is 9.53 Å². The van der Waals surface area contributed by atoms with E-state index in [4.69, 9.17) is 10.5 Å². The zero-order chi connectivity index (χ0) is 14.5. The van der Waals surface area contributed by atoms with Crippen molar-refractivity contribution in [1.82, 2.24) is 4.90 Å². The van der Waals surface area contributed by atoms with Gasteiger partial charge in [-0.1, -0.05) is 33.1 Å². The van der Waals surface area contributed by atoms with E-state index < -0.39 is 0 Å². The lowest BCUT2D eigenvalue weighted by atomic mass is 9.97. The molecule has 2 N–H and O–H groups in total. The summed E-state index contributed by atoms with van der Waals surface area (Å²) in [6.07, 6.45) is 9.16. The van der Waals surface area contributed by atoms with Gasteiger partial charge >= 0.3 is 0 Å². The molecule has 4 nitrogen and oxygen atoms in total. The SMILES string of the molecule is CC(C)[C@H](N)C(=O)N1CCC(OC2CCCCC2)CC1. The summed E-state index contributed by atoms with van der Waals surface area (Å²) < 4.78 is 6.20. The van der Waals surface area contributed by atoms with Gasteiger partial charge in [-0.2, -0.15) is 0 Å². The molecule has 1 amide bonds. The third-order valence-electron chi connectivity index (χ3n) is 4.69. The maximum absolute atomic E-state index is 12.2. The van der Waals surface area contributed by atoms with Crippen molar-refractivity contribution in [3.63, 3.8) is 0 Å². The second-order valence-corrected chi connectivity index (χ2v) is 6.69. The van der Waals surface area contributed by atoms with Crippen molar-refractivity contribution in [2.24, 2.45) is 11.7 Å². The summed E-state index contributed by atoms with van der Waals surface area (Å²) in [6, 6.07) is -0.356. The number of rotatable bonds is 4. The number of nitrogens with zero attached hydrogens (tertiary/aromatic N) is 1. The molecule has 1 saturated heterocycles. The summed E-state index contributed by atoms with van der Waals surface area (Å²) in [5.74, 6) is 0.315. The van der Waals surface area contributed by atoms with E-state index in [0.717, 1.165) is 25.9 Å². The van der Waals surface area contributed by atoms with Crippen LogP contribution in [0, 0.1) is 5.92 Å². The number of hydrogen-bond acceptors (Lipinski definition) is 3. The zero-order valence-electron chi connectivity index (χ0n) is 13.0. The number of amides is 1. The lowest BCUT2D eigenvalue weighted by Gasteiger charge is -2.36. The van der Waals surface area contributed by atoms with Crippen molar-refractivity contribution in [2.45, 2.75) is 77.0 Å². The van der Waals surface area contributed by atoms with E-state index >= 15 is 0 Å². The van der Waals surface area contributed by atoms with Crippen LogP contribution in [0.2, 0.25) is 0 Å². The fraction of sp³-hybridized carbons (Fsp3) is 0.938. The van der Waals surface area contributed by atoms with E-state index in [0.29, 0.717) is 12.2 Å². The standard InChI is InChI=1S/C16H30N2O2/c1-12(2)15(17)16(19)18-10-8-14(9-11-18)20-13-6-4-3-5-7-13/h12-15H,3-11,17H2,1-2H3/t15-/m0/s1. The van der Waals surface area contributed by atoms with Gasteiger partial charge in [0.05, 0.1) is 18.2 Å². The molecule has 0 bridgehead atoms. The number of carbonyl (C=O) groups is 1. The number of piperidine rings is 1. The number of likely N-dealkylation sites (tertiary alicyclic amines) is 1. The molecule has 20 heavy (non-hydrogen) atoms. The average molecular weight is 282 g/mol. The molecule has 0 unspecified atom stereocenters. The van der Waals surface area contributed by atoms with Crippen molar-refractivity contribution in [2.75, 3.05) is 13.1 Å². The maximum atomic E-state index is 12.2. The molecule has 0 aromatic carbocycles. The molecule has 1 aliphatic heterocycles. The predicted molar refractivity (Wildman–Crippen MR) is 80.4 cm³/mol. The molecule has 2 aliphatic rings. The molecule has 116 valence electrons. The maximum Gasteiger partial charge on any atom is 0.239 e. The molecule has 2 fully saturated rings. The van der Waals surface area contributed by atoms with Crippen molar-refractivity contribution in [3.05, 3.63) is 0 Å². The van der Waals surface area contributed by atoms with Gasteiger partial charge in [0.15, 0.2) is 0 Å². The molecule has 0 aromatic heterocycles. The van der Waals surface area contributed by atoms with Crippen LogP contribution in [0.15, 0.2) is 0 Å². The predicted octanol–water partition coefficient (Wildman–Crippen LogP) is 2.31. The first kappa shape index (κ1) is 15.8. The monoisotopic (exact) mass is 282 g/mol. The Morgan fingerprint density at radius 3 is 2.15 bits per heavy atom. The minimum Gasteiger partial charge on any atom is -0.375 e. The smallest absolute Gasteiger partial charge is 0.239 e. The first-order valence-corrected chi connectivity index (χ1v) is 8.27. The molecular weight excluding hydrogens is 252 g/mol. The van der Waals surface area contributed by atoms with Crippen molar-refractivity contribution in [3.8, 4) is 0 Å². The van der Waals surface area contributed by atoms with Crippen LogP contribution < -0.4 is 5.73 Å². The van der Waals surface area contributed by atoms with Crippen LogP contribution in [-0.4, -0.2) is 42.1 Å². The van der Waals surface area contributed by atoms with Gasteiger partial charge in [0, 0.05) is 13.1 Å². The second kappa shape index (κ2) is 7.41. The molecule has 1 heterocycles. The highest BCUT2D eigenvalue weighted by Gasteiger charge is 2.29. The highest BCUT2D eigenvalue weighted by molar-refractivity contribution is 5.82. The molecule has 1 saturated carbocycles. The van der Waals surface area contributed by atoms with Gasteiger partial charge in [-0.3, -0.25) is 4.79 Å². The number of hydrogen-bond donors (Lipinski definition) is 1. The number of nitrogens with two attached hydrogens (primary N) is 1. The Bertz CT molecular complexity index is 306. The normalized spacial score (nSPS) is 24.1. The van der Waals surface area contributed by atoms with Crippen LogP contribution in [0.3, 0.4) is 0 Å². The molecule has 4 heteroatoms. The first-order chi connectivity index (χ1) is 9.58. The van der Waals surface area contributed by atoms with Crippen LogP contribution in [0.4, 0.5) is 0 Å². The number of ether oxygens (including phenoxy) is 1. The van der Waals surface area contributed by atoms with Gasteiger partial charge in [0.2, 0.25) is 5.91 Å². The van der Waals surface area contributed by atoms with Crippen LogP contribution in [0.5, 0.6) is 0 Å². The molecule has 1 atom stereocenters. The first-order valence-electron chi connectivity index (χ1n) is 8.27. The van der Waals surface area contributed by atoms with Crippen LogP contribution in [0.25, 0.3) is 0 Å². The molecule has 2 rings (SSSR count). The lowest BCUT2D eigenvalue weighted by Crippen LogP contribution is -2.50. The molecule has 0 spiro atoms. The minimum absolute atomic E-state index is 0.108. The van der Waals surface area contributed by atoms with Gasteiger partial charge in [-0.05, 0) is 31.6 Å². The molecular formula is C16H30N2O2. The molecule has 0 radical (unpaired) electrons. The van der Waals surface area contributed by atoms with Crippen molar-refractivity contribution in [1.29, 1.82) is 0 Å². The summed E-state index contributed by atoms with van der Waals surface area (Å²) in [7, 11) is 0. The van der Waals surface area contributed by atoms with Gasteiger partial charge < -0.3 is 15.4 Å². The highest BCUT2D eigenvalue weighted by atomic mass is 16.5. The van der Waals surface area contributed by atoms with Crippen LogP contribution >= 0.6 is 0 Å². The number of carbonyl (C=O) groups excluding carboxylic acids is 1. The Hall–Kier alpha value is -0.610. The molecule has 0 aromatic rings. The van der Waals surface area contributed by atoms with E-state index in [2.05, 4.69) is 0 Å². The third kappa shape index (κ3) is 4.19. The topological polar surface area (TPSA) is 55.6 Å². The van der Waals surface area contributed by atoms with Crippen LogP contribution in [-0.2, 0) is 9.53 Å². The third-order valence-corrected chi connectivity index (χ3v) is 4.69. The molecule has 1 aliphatic carbocycles. The summed E-state index contributed by atoms with van der Waals surface area (Å²) in [5, 5.41) is 0. The lowest BCUT2D eigenvalue weighted by molar-refractivity contribution is -0.137. The van der Waals surface area contributed by atoms with E-state index in [1.165, 1.54) is 32.1 Å². The summed E-state index contributed by atoms with van der Waals surface area (Å²) in [4.78, 5) is 14.1. The highest BCUT2D eigenvalue weighted by Crippen LogP contribution is 2.25. The summed E-state index contributed by atoms with van der Waals surface area (Å²) in [6.45, 7) is 5.61. The Labute approximate surface area is 123 Å². The summed E-state index contributed by atoms with van der Waals surface area (Å²) in [5.41, 5.74) is 5.95. The van der Waals surface area contributed by atoms with E-state index in [-0.39, 0.29) is 17.9 Å². The quantitative estimate of drug-likeness (QED) is 0.861. The largest absolute Gasteiger partial charge is 0.375 e. The van der Waals surface area contributed by atoms with Gasteiger partial charge in [0.1, 0.15) is 0 Å². The van der Waals surface area contributed by atoms with Gasteiger partial charge in [-0.15, -0.1) is 0 Å². The Kier molecular flexibility index (Phi) is 5.85. The minimum atomic E-state index is -0.356. The van der Waals surface area contributed by atoms with Gasteiger partial charge in [-0.25, -0.2) is 0 Å². The van der Waals surface area contributed by atoms with E-state index in [9.17, 15) is 4.79 Å². The van der Waals surface area contributed by atoms with E-state index in [1.54, 1.807) is 0 Å². The van der Waals surface area contributed by atoms with E-state index in [1.807, 2.05) is 18.7 Å². The second-order valence-electron chi connectivity index (χ2n) is 6.69. The summed E-state index contributed by atoms with van der Waals surface area (Å²) >= 11 is 0. The Morgan fingerprint density at radius 2 is 1.60 bits per heavy atom. The Balaban J connectivity index is 1.73. The van der Waals surface area contributed by atoms with Crippen LogP contribution in [0.1, 0.15) is 58.8 Å². The fourth-order valence-corrected chi connectivity index (χ4v) is 3.18. The Morgan fingerprint density at radius 1 is 1.05 bits per heavy atom. The zero-order valence-corrected chi connectivity index (χ0v) is 13.0.